The number of hydrogen-bond acceptors (Lipinski definition) is 3. The predicted molar refractivity (Wildman–Crippen MR) is 60.2 cm³/mol. The SMILES string of the molecule is Cc1nc2cc(Br)cnc2n1CCC#N. The van der Waals surface area contributed by atoms with Crippen molar-refractivity contribution in [3.8, 4) is 6.07 Å². The fraction of sp³-hybridized carbons (Fsp3) is 0.300. The standard InChI is InChI=1S/C10H9BrN4/c1-7-14-9-5-8(11)6-13-10(9)15(7)4-2-3-12/h5-6H,2,4H2,1H3. The van der Waals surface area contributed by atoms with Crippen molar-refractivity contribution in [1.82, 2.24) is 14.5 Å². The lowest BCUT2D eigenvalue weighted by Crippen LogP contribution is -2.00. The van der Waals surface area contributed by atoms with Gasteiger partial charge in [-0.05, 0) is 28.9 Å². The molecule has 0 N–H and O–H groups in total. The highest BCUT2D eigenvalue weighted by Crippen LogP contribution is 2.18. The first-order valence-corrected chi connectivity index (χ1v) is 5.37. The second-order valence-corrected chi connectivity index (χ2v) is 4.13. The molecule has 0 aliphatic rings. The summed E-state index contributed by atoms with van der Waals surface area (Å²) in [5.74, 6) is 0.894. The Morgan fingerprint density at radius 1 is 1.60 bits per heavy atom. The van der Waals surface area contributed by atoms with E-state index < -0.39 is 0 Å². The van der Waals surface area contributed by atoms with Gasteiger partial charge in [-0.3, -0.25) is 0 Å². The Balaban J connectivity index is 2.54. The fourth-order valence-corrected chi connectivity index (χ4v) is 1.85. The predicted octanol–water partition coefficient (Wildman–Crippen LogP) is 2.42. The highest BCUT2D eigenvalue weighted by Gasteiger charge is 2.08. The van der Waals surface area contributed by atoms with Gasteiger partial charge in [0.15, 0.2) is 5.65 Å². The van der Waals surface area contributed by atoms with Gasteiger partial charge in [0, 0.05) is 17.2 Å². The van der Waals surface area contributed by atoms with Gasteiger partial charge in [0.2, 0.25) is 0 Å². The Bertz CT molecular complexity index is 538. The zero-order valence-electron chi connectivity index (χ0n) is 8.24. The lowest BCUT2D eigenvalue weighted by atomic mass is 10.4. The van der Waals surface area contributed by atoms with Crippen LogP contribution in [0.4, 0.5) is 0 Å². The number of hydrogen-bond donors (Lipinski definition) is 0. The van der Waals surface area contributed by atoms with Crippen LogP contribution < -0.4 is 0 Å². The van der Waals surface area contributed by atoms with Crippen LogP contribution in [0.15, 0.2) is 16.7 Å². The monoisotopic (exact) mass is 264 g/mol. The topological polar surface area (TPSA) is 54.5 Å². The summed E-state index contributed by atoms with van der Waals surface area (Å²) >= 11 is 3.35. The van der Waals surface area contributed by atoms with Crippen LogP contribution in [0.25, 0.3) is 11.2 Å². The molecule has 0 bridgehead atoms. The van der Waals surface area contributed by atoms with Crippen LogP contribution in [0.3, 0.4) is 0 Å². The van der Waals surface area contributed by atoms with E-state index in [2.05, 4.69) is 32.0 Å². The molecule has 2 rings (SSSR count). The van der Waals surface area contributed by atoms with E-state index in [4.69, 9.17) is 5.26 Å². The molecule has 0 amide bonds. The van der Waals surface area contributed by atoms with Crippen LogP contribution in [0.5, 0.6) is 0 Å². The molecule has 0 unspecified atom stereocenters. The molecule has 0 radical (unpaired) electrons. The van der Waals surface area contributed by atoms with E-state index >= 15 is 0 Å². The van der Waals surface area contributed by atoms with Crippen LogP contribution in [0, 0.1) is 18.3 Å². The minimum Gasteiger partial charge on any atom is -0.312 e. The van der Waals surface area contributed by atoms with Crippen molar-refractivity contribution in [1.29, 1.82) is 5.26 Å². The van der Waals surface area contributed by atoms with Crippen molar-refractivity contribution in [3.05, 3.63) is 22.6 Å². The zero-order chi connectivity index (χ0) is 10.8. The summed E-state index contributed by atoms with van der Waals surface area (Å²) in [5, 5.41) is 8.56. The largest absolute Gasteiger partial charge is 0.312 e. The lowest BCUT2D eigenvalue weighted by molar-refractivity contribution is 0.704. The van der Waals surface area contributed by atoms with Gasteiger partial charge in [0.1, 0.15) is 11.3 Å². The maximum atomic E-state index is 8.56. The highest BCUT2D eigenvalue weighted by atomic mass is 79.9. The van der Waals surface area contributed by atoms with Crippen molar-refractivity contribution in [2.24, 2.45) is 0 Å². The number of halogens is 1. The van der Waals surface area contributed by atoms with Crippen LogP contribution in [0.1, 0.15) is 12.2 Å². The maximum Gasteiger partial charge on any atom is 0.160 e. The molecule has 0 saturated heterocycles. The summed E-state index contributed by atoms with van der Waals surface area (Å²) in [4.78, 5) is 8.69. The Labute approximate surface area is 95.7 Å². The smallest absolute Gasteiger partial charge is 0.160 e. The third-order valence-corrected chi connectivity index (χ3v) is 2.62. The van der Waals surface area contributed by atoms with E-state index in [-0.39, 0.29) is 0 Å². The molecule has 5 heteroatoms. The molecule has 0 spiro atoms. The van der Waals surface area contributed by atoms with Crippen LogP contribution in [-0.2, 0) is 6.54 Å². The molecule has 0 aliphatic heterocycles. The molecular formula is C10H9BrN4. The molecule has 0 atom stereocenters. The molecule has 0 saturated carbocycles. The van der Waals surface area contributed by atoms with Crippen molar-refractivity contribution in [3.63, 3.8) is 0 Å². The van der Waals surface area contributed by atoms with Crippen molar-refractivity contribution in [2.45, 2.75) is 19.9 Å². The van der Waals surface area contributed by atoms with Gasteiger partial charge < -0.3 is 4.57 Å². The molecule has 2 heterocycles. The van der Waals surface area contributed by atoms with Crippen LogP contribution in [0.2, 0.25) is 0 Å². The molecule has 0 aliphatic carbocycles. The number of nitriles is 1. The number of nitrogens with zero attached hydrogens (tertiary/aromatic N) is 4. The first-order valence-electron chi connectivity index (χ1n) is 4.57. The summed E-state index contributed by atoms with van der Waals surface area (Å²) in [7, 11) is 0. The number of aryl methyl sites for hydroxylation is 2. The van der Waals surface area contributed by atoms with E-state index in [1.165, 1.54) is 0 Å². The quantitative estimate of drug-likeness (QED) is 0.837. The summed E-state index contributed by atoms with van der Waals surface area (Å²) in [6.07, 6.45) is 2.22. The molecular weight excluding hydrogens is 256 g/mol. The van der Waals surface area contributed by atoms with Crippen molar-refractivity contribution >= 4 is 27.1 Å². The lowest BCUT2D eigenvalue weighted by Gasteiger charge is -2.01. The summed E-state index contributed by atoms with van der Waals surface area (Å²) in [6, 6.07) is 4.05. The zero-order valence-corrected chi connectivity index (χ0v) is 9.82. The Hall–Kier alpha value is -1.41. The van der Waals surface area contributed by atoms with E-state index in [9.17, 15) is 0 Å². The second-order valence-electron chi connectivity index (χ2n) is 3.22. The third kappa shape index (κ3) is 1.85. The minimum atomic E-state index is 0.476. The van der Waals surface area contributed by atoms with Gasteiger partial charge in [0.25, 0.3) is 0 Å². The fourth-order valence-electron chi connectivity index (χ4n) is 1.53. The number of aromatic nitrogens is 3. The highest BCUT2D eigenvalue weighted by molar-refractivity contribution is 9.10. The number of imidazole rings is 1. The Kier molecular flexibility index (Phi) is 2.69. The average Bonchev–Trinajstić information content (AvgIpc) is 2.50. The molecule has 2 aromatic rings. The van der Waals surface area contributed by atoms with Gasteiger partial charge in [-0.25, -0.2) is 9.97 Å². The maximum absolute atomic E-state index is 8.56. The molecule has 0 aromatic carbocycles. The van der Waals surface area contributed by atoms with Gasteiger partial charge in [-0.2, -0.15) is 5.26 Å². The first kappa shape index (κ1) is 10.1. The van der Waals surface area contributed by atoms with E-state index in [0.717, 1.165) is 21.5 Å². The van der Waals surface area contributed by atoms with Gasteiger partial charge in [0.05, 0.1) is 12.5 Å². The van der Waals surface area contributed by atoms with Gasteiger partial charge in [-0.1, -0.05) is 0 Å². The van der Waals surface area contributed by atoms with E-state index in [1.54, 1.807) is 6.20 Å². The van der Waals surface area contributed by atoms with Crippen molar-refractivity contribution < 1.29 is 0 Å². The third-order valence-electron chi connectivity index (χ3n) is 2.19. The number of fused-ring (bicyclic) bond motifs is 1. The van der Waals surface area contributed by atoms with Gasteiger partial charge in [-0.15, -0.1) is 0 Å². The average molecular weight is 265 g/mol. The molecule has 76 valence electrons. The Morgan fingerprint density at radius 3 is 3.13 bits per heavy atom. The summed E-state index contributed by atoms with van der Waals surface area (Å²) in [5.41, 5.74) is 1.70. The normalized spacial score (nSPS) is 10.5. The van der Waals surface area contributed by atoms with Crippen LogP contribution in [-0.4, -0.2) is 14.5 Å². The van der Waals surface area contributed by atoms with Crippen molar-refractivity contribution in [2.75, 3.05) is 0 Å². The molecule has 0 fully saturated rings. The Morgan fingerprint density at radius 2 is 2.40 bits per heavy atom. The second kappa shape index (κ2) is 3.99. The molecule has 4 nitrogen and oxygen atoms in total. The molecule has 2 aromatic heterocycles. The van der Waals surface area contributed by atoms with E-state index in [0.29, 0.717) is 13.0 Å². The number of rotatable bonds is 2. The van der Waals surface area contributed by atoms with Crippen LogP contribution >= 0.6 is 15.9 Å². The minimum absolute atomic E-state index is 0.476. The first-order chi connectivity index (χ1) is 7.22. The summed E-state index contributed by atoms with van der Waals surface area (Å²) < 4.78 is 2.88. The summed E-state index contributed by atoms with van der Waals surface area (Å²) in [6.45, 7) is 2.57. The molecule has 15 heavy (non-hydrogen) atoms. The van der Waals surface area contributed by atoms with Gasteiger partial charge >= 0.3 is 0 Å². The van der Waals surface area contributed by atoms with E-state index in [1.807, 2.05) is 17.6 Å². The number of pyridine rings is 1.